The maximum absolute atomic E-state index is 13.7. The molecule has 3 rings (SSSR count). The number of ether oxygens (including phenoxy) is 1. The Morgan fingerprint density at radius 1 is 1.29 bits per heavy atom. The third kappa shape index (κ3) is 3.95. The summed E-state index contributed by atoms with van der Waals surface area (Å²) in [7, 11) is 1.66. The quantitative estimate of drug-likeness (QED) is 0.461. The fourth-order valence-electron chi connectivity index (χ4n) is 3.08. The molecular weight excluding hydrogens is 383 g/mol. The molecule has 8 heteroatoms. The van der Waals surface area contributed by atoms with Gasteiger partial charge in [-0.3, -0.25) is 4.79 Å². The minimum absolute atomic E-state index is 0.0596. The molecule has 0 radical (unpaired) electrons. The summed E-state index contributed by atoms with van der Waals surface area (Å²) >= 11 is 6.18. The van der Waals surface area contributed by atoms with Crippen molar-refractivity contribution in [3.05, 3.63) is 51.7 Å². The second-order valence-electron chi connectivity index (χ2n) is 6.36. The van der Waals surface area contributed by atoms with Crippen LogP contribution in [0.25, 0.3) is 22.0 Å². The molecule has 6 nitrogen and oxygen atoms in total. The molecule has 0 saturated heterocycles. The van der Waals surface area contributed by atoms with Gasteiger partial charge in [0.1, 0.15) is 11.6 Å². The van der Waals surface area contributed by atoms with E-state index in [0.29, 0.717) is 36.6 Å². The fraction of sp³-hybridized carbons (Fsp3) is 0.300. The summed E-state index contributed by atoms with van der Waals surface area (Å²) in [5.74, 6) is 0.0678. The monoisotopic (exact) mass is 404 g/mol. The molecular formula is C20H22ClFN4O2. The number of hydrogen-bond donors (Lipinski definition) is 2. The van der Waals surface area contributed by atoms with Crippen LogP contribution in [0.3, 0.4) is 0 Å². The number of aryl methyl sites for hydroxylation is 1. The Kier molecular flexibility index (Phi) is 6.16. The topological polar surface area (TPSA) is 82.2 Å². The van der Waals surface area contributed by atoms with Crippen LogP contribution in [-0.2, 0) is 11.3 Å². The van der Waals surface area contributed by atoms with Crippen molar-refractivity contribution < 1.29 is 9.13 Å². The van der Waals surface area contributed by atoms with Crippen LogP contribution in [0.1, 0.15) is 13.3 Å². The van der Waals surface area contributed by atoms with E-state index in [1.54, 1.807) is 23.9 Å². The normalized spacial score (nSPS) is 11.1. The van der Waals surface area contributed by atoms with Crippen molar-refractivity contribution in [2.75, 3.05) is 31.3 Å². The number of nitrogens with two attached hydrogens (primary N) is 1. The van der Waals surface area contributed by atoms with E-state index in [9.17, 15) is 9.18 Å². The fourth-order valence-corrected chi connectivity index (χ4v) is 3.33. The van der Waals surface area contributed by atoms with E-state index >= 15 is 0 Å². The predicted octanol–water partition coefficient (Wildman–Crippen LogP) is 3.91. The first-order valence-corrected chi connectivity index (χ1v) is 9.35. The molecule has 0 amide bonds. The highest BCUT2D eigenvalue weighted by atomic mass is 35.5. The summed E-state index contributed by atoms with van der Waals surface area (Å²) in [6.07, 6.45) is 2.55. The average Bonchev–Trinajstić information content (AvgIpc) is 2.68. The number of nitrogen functional groups attached to an aromatic ring is 1. The number of hydrogen-bond acceptors (Lipinski definition) is 5. The third-order valence-corrected chi connectivity index (χ3v) is 4.81. The molecule has 0 fully saturated rings. The van der Waals surface area contributed by atoms with Crippen LogP contribution in [0.15, 0.2) is 35.3 Å². The number of rotatable bonds is 7. The number of methoxy groups -OCH3 is 1. The minimum Gasteiger partial charge on any atom is -0.396 e. The van der Waals surface area contributed by atoms with E-state index in [1.807, 2.05) is 13.0 Å². The van der Waals surface area contributed by atoms with Crippen LogP contribution >= 0.6 is 11.6 Å². The number of aromatic nitrogens is 2. The summed E-state index contributed by atoms with van der Waals surface area (Å²) < 4.78 is 20.3. The highest BCUT2D eigenvalue weighted by Crippen LogP contribution is 2.31. The van der Waals surface area contributed by atoms with Crippen LogP contribution in [0.2, 0.25) is 5.02 Å². The van der Waals surface area contributed by atoms with Gasteiger partial charge in [0.05, 0.1) is 16.2 Å². The van der Waals surface area contributed by atoms with Crippen molar-refractivity contribution in [2.24, 2.45) is 0 Å². The van der Waals surface area contributed by atoms with Gasteiger partial charge in [-0.05, 0) is 31.5 Å². The molecule has 0 atom stereocenters. The number of nitrogens with zero attached hydrogens (tertiary/aromatic N) is 2. The summed E-state index contributed by atoms with van der Waals surface area (Å²) in [5, 5.41) is 4.14. The van der Waals surface area contributed by atoms with Crippen LogP contribution in [0.4, 0.5) is 15.9 Å². The molecule has 0 spiro atoms. The highest BCUT2D eigenvalue weighted by molar-refractivity contribution is 6.33. The molecule has 0 bridgehead atoms. The lowest BCUT2D eigenvalue weighted by atomic mass is 10.0. The molecule has 2 aromatic heterocycles. The van der Waals surface area contributed by atoms with E-state index in [4.69, 9.17) is 22.1 Å². The van der Waals surface area contributed by atoms with Crippen LogP contribution in [0, 0.1) is 5.82 Å². The Balaban J connectivity index is 2.09. The van der Waals surface area contributed by atoms with Gasteiger partial charge in [-0.15, -0.1) is 0 Å². The van der Waals surface area contributed by atoms with E-state index in [1.165, 1.54) is 6.07 Å². The zero-order valence-corrected chi connectivity index (χ0v) is 16.5. The molecule has 0 aliphatic heterocycles. The van der Waals surface area contributed by atoms with Gasteiger partial charge in [-0.25, -0.2) is 9.37 Å². The first-order valence-electron chi connectivity index (χ1n) is 8.97. The van der Waals surface area contributed by atoms with Crippen molar-refractivity contribution in [3.8, 4) is 11.1 Å². The largest absolute Gasteiger partial charge is 0.396 e. The third-order valence-electron chi connectivity index (χ3n) is 4.50. The average molecular weight is 405 g/mol. The zero-order valence-electron chi connectivity index (χ0n) is 15.8. The minimum atomic E-state index is -0.615. The van der Waals surface area contributed by atoms with E-state index in [-0.39, 0.29) is 16.3 Å². The van der Waals surface area contributed by atoms with Crippen LogP contribution in [-0.4, -0.2) is 29.8 Å². The molecule has 0 aliphatic rings. The first-order chi connectivity index (χ1) is 13.5. The number of nitrogens with one attached hydrogen (secondary N) is 1. The van der Waals surface area contributed by atoms with Gasteiger partial charge in [0, 0.05) is 55.6 Å². The van der Waals surface area contributed by atoms with Crippen molar-refractivity contribution in [3.63, 3.8) is 0 Å². The van der Waals surface area contributed by atoms with Gasteiger partial charge >= 0.3 is 0 Å². The lowest BCUT2D eigenvalue weighted by Crippen LogP contribution is -2.22. The summed E-state index contributed by atoms with van der Waals surface area (Å²) in [5.41, 5.74) is 6.90. The van der Waals surface area contributed by atoms with Crippen molar-refractivity contribution in [2.45, 2.75) is 19.9 Å². The van der Waals surface area contributed by atoms with E-state index in [0.717, 1.165) is 23.4 Å². The van der Waals surface area contributed by atoms with E-state index in [2.05, 4.69) is 10.3 Å². The lowest BCUT2D eigenvalue weighted by Gasteiger charge is -2.14. The van der Waals surface area contributed by atoms with Crippen LogP contribution < -0.4 is 16.6 Å². The van der Waals surface area contributed by atoms with Gasteiger partial charge in [-0.2, -0.15) is 0 Å². The number of anilines is 2. The lowest BCUT2D eigenvalue weighted by molar-refractivity contribution is 0.198. The van der Waals surface area contributed by atoms with Gasteiger partial charge < -0.3 is 20.4 Å². The number of benzene rings is 1. The maximum atomic E-state index is 13.7. The molecule has 3 N–H and O–H groups in total. The number of pyridine rings is 2. The second kappa shape index (κ2) is 8.58. The number of halogens is 2. The standard InChI is InChI=1S/C20H22ClFN4O2/c1-3-26-18-10-19(24-5-4-6-28-2)25-11-12(18)7-14(20(26)27)13-8-17(23)16(22)9-15(13)21/h7-11H,3-6,23H2,1-2H3,(H,24,25). The van der Waals surface area contributed by atoms with Crippen molar-refractivity contribution >= 4 is 34.0 Å². The summed E-state index contributed by atoms with van der Waals surface area (Å²) in [6.45, 7) is 3.72. The van der Waals surface area contributed by atoms with Crippen molar-refractivity contribution in [1.82, 2.24) is 9.55 Å². The molecule has 3 aromatic rings. The Morgan fingerprint density at radius 2 is 2.07 bits per heavy atom. The molecule has 1 aromatic carbocycles. The number of fused-ring (bicyclic) bond motifs is 1. The maximum Gasteiger partial charge on any atom is 0.258 e. The summed E-state index contributed by atoms with van der Waals surface area (Å²) in [6, 6.07) is 6.07. The first kappa shape index (κ1) is 20.1. The zero-order chi connectivity index (χ0) is 20.3. The Hall–Kier alpha value is -2.64. The van der Waals surface area contributed by atoms with Crippen molar-refractivity contribution in [1.29, 1.82) is 0 Å². The Morgan fingerprint density at radius 3 is 2.79 bits per heavy atom. The smallest absolute Gasteiger partial charge is 0.258 e. The molecule has 2 heterocycles. The molecule has 0 unspecified atom stereocenters. The summed E-state index contributed by atoms with van der Waals surface area (Å²) in [4.78, 5) is 17.5. The molecule has 0 saturated carbocycles. The predicted molar refractivity (Wildman–Crippen MR) is 111 cm³/mol. The Bertz CT molecular complexity index is 1070. The molecule has 148 valence electrons. The van der Waals surface area contributed by atoms with Gasteiger partial charge in [0.15, 0.2) is 0 Å². The van der Waals surface area contributed by atoms with Gasteiger partial charge in [0.2, 0.25) is 0 Å². The highest BCUT2D eigenvalue weighted by Gasteiger charge is 2.15. The SMILES string of the molecule is CCn1c(=O)c(-c2cc(N)c(F)cc2Cl)cc2cnc(NCCCOC)cc21. The van der Waals surface area contributed by atoms with Gasteiger partial charge in [0.25, 0.3) is 5.56 Å². The Labute approximate surface area is 167 Å². The molecule has 0 aliphatic carbocycles. The molecule has 28 heavy (non-hydrogen) atoms. The van der Waals surface area contributed by atoms with Crippen LogP contribution in [0.5, 0.6) is 0 Å². The van der Waals surface area contributed by atoms with E-state index < -0.39 is 5.82 Å². The second-order valence-corrected chi connectivity index (χ2v) is 6.77. The van der Waals surface area contributed by atoms with Gasteiger partial charge in [-0.1, -0.05) is 11.6 Å².